The van der Waals surface area contributed by atoms with Gasteiger partial charge >= 0.3 is 0 Å². The van der Waals surface area contributed by atoms with Crippen LogP contribution in [0.3, 0.4) is 0 Å². The van der Waals surface area contributed by atoms with Gasteiger partial charge in [-0.1, -0.05) is 70.4 Å². The largest absolute Gasteiger partial charge is 0.353 e. The molecule has 0 saturated carbocycles. The van der Waals surface area contributed by atoms with E-state index in [9.17, 15) is 0 Å². The van der Waals surface area contributed by atoms with Gasteiger partial charge in [0.1, 0.15) is 0 Å². The highest BCUT2D eigenvalue weighted by Gasteiger charge is 2.13. The topological polar surface area (TPSA) is 18.5 Å². The van der Waals surface area contributed by atoms with E-state index in [2.05, 4.69) is 19.1 Å². The van der Waals surface area contributed by atoms with E-state index in [4.69, 9.17) is 9.47 Å². The van der Waals surface area contributed by atoms with E-state index >= 15 is 0 Å². The lowest BCUT2D eigenvalue weighted by molar-refractivity contribution is -0.162. The fraction of sp³-hybridized carbons (Fsp3) is 0.909. The highest BCUT2D eigenvalue weighted by atomic mass is 16.7. The molecule has 0 spiro atoms. The van der Waals surface area contributed by atoms with Crippen molar-refractivity contribution >= 4 is 0 Å². The van der Waals surface area contributed by atoms with Gasteiger partial charge in [-0.05, 0) is 51.4 Å². The molecule has 0 aliphatic carbocycles. The van der Waals surface area contributed by atoms with Crippen molar-refractivity contribution in [3.05, 3.63) is 12.2 Å². The number of hydrogen-bond donors (Lipinski definition) is 0. The minimum Gasteiger partial charge on any atom is -0.353 e. The lowest BCUT2D eigenvalue weighted by Crippen LogP contribution is -2.22. The van der Waals surface area contributed by atoms with Gasteiger partial charge in [-0.2, -0.15) is 0 Å². The number of rotatable bonds is 16. The molecular formula is C22H42O2. The third kappa shape index (κ3) is 14.0. The molecule has 0 N–H and O–H groups in total. The molecule has 1 fully saturated rings. The van der Waals surface area contributed by atoms with E-state index in [1.807, 2.05) is 0 Å². The maximum atomic E-state index is 5.76. The molecule has 0 bridgehead atoms. The average molecular weight is 339 g/mol. The van der Waals surface area contributed by atoms with Crippen molar-refractivity contribution in [1.29, 1.82) is 0 Å². The highest BCUT2D eigenvalue weighted by Crippen LogP contribution is 2.14. The summed E-state index contributed by atoms with van der Waals surface area (Å²) in [6.07, 6.45) is 26.0. The minimum atomic E-state index is 0.0931. The van der Waals surface area contributed by atoms with Crippen molar-refractivity contribution in [2.45, 2.75) is 116 Å². The van der Waals surface area contributed by atoms with Crippen molar-refractivity contribution in [3.8, 4) is 0 Å². The molecule has 0 amide bonds. The third-order valence-corrected chi connectivity index (χ3v) is 4.85. The van der Waals surface area contributed by atoms with Gasteiger partial charge in [-0.25, -0.2) is 0 Å². The number of ether oxygens (including phenoxy) is 2. The van der Waals surface area contributed by atoms with Crippen LogP contribution in [0.1, 0.15) is 110 Å². The van der Waals surface area contributed by atoms with E-state index < -0.39 is 0 Å². The normalized spacial score (nSPS) is 18.5. The molecule has 0 aromatic carbocycles. The molecular weight excluding hydrogens is 296 g/mol. The van der Waals surface area contributed by atoms with E-state index in [0.29, 0.717) is 0 Å². The first-order valence-electron chi connectivity index (χ1n) is 10.8. The second-order valence-corrected chi connectivity index (χ2v) is 7.25. The Morgan fingerprint density at radius 3 is 2.04 bits per heavy atom. The average Bonchev–Trinajstić information content (AvgIpc) is 2.62. The SMILES string of the molecule is CCCCCCCC/C=C\CCCCCCCO[C@H]1CCCCO1. The Kier molecular flexibility index (Phi) is 15.8. The standard InChI is InChI=1S/C22H42O2/c1-2-3-4-5-6-7-8-9-10-11-12-13-14-15-17-20-23-22-19-16-18-21-24-22/h9-10,22H,2-8,11-21H2,1H3/b10-9-/t22-/m1/s1. The number of hydrogen-bond acceptors (Lipinski definition) is 2. The van der Waals surface area contributed by atoms with Gasteiger partial charge < -0.3 is 9.47 Å². The van der Waals surface area contributed by atoms with E-state index in [0.717, 1.165) is 19.6 Å². The third-order valence-electron chi connectivity index (χ3n) is 4.85. The van der Waals surface area contributed by atoms with E-state index in [1.165, 1.54) is 96.3 Å². The van der Waals surface area contributed by atoms with Crippen LogP contribution in [0.4, 0.5) is 0 Å². The van der Waals surface area contributed by atoms with Gasteiger partial charge in [0.05, 0.1) is 0 Å². The molecule has 1 aliphatic heterocycles. The predicted molar refractivity (Wildman–Crippen MR) is 104 cm³/mol. The van der Waals surface area contributed by atoms with Crippen LogP contribution < -0.4 is 0 Å². The molecule has 0 aromatic rings. The number of unbranched alkanes of at least 4 members (excludes halogenated alkanes) is 11. The van der Waals surface area contributed by atoms with E-state index in [1.54, 1.807) is 0 Å². The van der Waals surface area contributed by atoms with Crippen molar-refractivity contribution < 1.29 is 9.47 Å². The Morgan fingerprint density at radius 2 is 1.42 bits per heavy atom. The Hall–Kier alpha value is -0.340. The van der Waals surface area contributed by atoms with Gasteiger partial charge in [-0.3, -0.25) is 0 Å². The van der Waals surface area contributed by atoms with Crippen LogP contribution in [0.15, 0.2) is 12.2 Å². The summed E-state index contributed by atoms with van der Waals surface area (Å²) in [7, 11) is 0. The Labute approximate surface area is 151 Å². The van der Waals surface area contributed by atoms with Gasteiger partial charge in [0.15, 0.2) is 6.29 Å². The van der Waals surface area contributed by atoms with Crippen molar-refractivity contribution in [2.24, 2.45) is 0 Å². The zero-order valence-corrected chi connectivity index (χ0v) is 16.3. The molecule has 2 nitrogen and oxygen atoms in total. The van der Waals surface area contributed by atoms with Gasteiger partial charge in [0.25, 0.3) is 0 Å². The lowest BCUT2D eigenvalue weighted by Gasteiger charge is -2.22. The molecule has 1 rings (SSSR count). The zero-order valence-electron chi connectivity index (χ0n) is 16.3. The fourth-order valence-electron chi connectivity index (χ4n) is 3.23. The Balaban J connectivity index is 1.71. The smallest absolute Gasteiger partial charge is 0.157 e. The highest BCUT2D eigenvalue weighted by molar-refractivity contribution is 4.81. The van der Waals surface area contributed by atoms with Gasteiger partial charge in [-0.15, -0.1) is 0 Å². The first-order valence-corrected chi connectivity index (χ1v) is 10.8. The first kappa shape index (κ1) is 21.7. The second-order valence-electron chi connectivity index (χ2n) is 7.25. The van der Waals surface area contributed by atoms with Crippen LogP contribution in [0.2, 0.25) is 0 Å². The second kappa shape index (κ2) is 17.5. The maximum absolute atomic E-state index is 5.76. The predicted octanol–water partition coefficient (Wildman–Crippen LogP) is 7.18. The number of allylic oxidation sites excluding steroid dienone is 2. The molecule has 1 saturated heterocycles. The molecule has 24 heavy (non-hydrogen) atoms. The minimum absolute atomic E-state index is 0.0931. The molecule has 2 heteroatoms. The van der Waals surface area contributed by atoms with Crippen LogP contribution in [0.25, 0.3) is 0 Å². The van der Waals surface area contributed by atoms with Crippen LogP contribution in [-0.2, 0) is 9.47 Å². The Bertz CT molecular complexity index is 269. The molecule has 0 radical (unpaired) electrons. The Morgan fingerprint density at radius 1 is 0.792 bits per heavy atom. The molecule has 142 valence electrons. The summed E-state index contributed by atoms with van der Waals surface area (Å²) in [5, 5.41) is 0. The van der Waals surface area contributed by atoms with Crippen molar-refractivity contribution in [2.75, 3.05) is 13.2 Å². The monoisotopic (exact) mass is 338 g/mol. The van der Waals surface area contributed by atoms with Crippen molar-refractivity contribution in [3.63, 3.8) is 0 Å². The van der Waals surface area contributed by atoms with Crippen LogP contribution in [0.5, 0.6) is 0 Å². The fourth-order valence-corrected chi connectivity index (χ4v) is 3.23. The summed E-state index contributed by atoms with van der Waals surface area (Å²) >= 11 is 0. The zero-order chi connectivity index (χ0) is 17.1. The molecule has 1 heterocycles. The summed E-state index contributed by atoms with van der Waals surface area (Å²) in [5.74, 6) is 0. The van der Waals surface area contributed by atoms with Crippen LogP contribution >= 0.6 is 0 Å². The lowest BCUT2D eigenvalue weighted by atomic mass is 10.1. The molecule has 1 atom stereocenters. The van der Waals surface area contributed by atoms with Crippen LogP contribution in [0, 0.1) is 0 Å². The first-order chi connectivity index (χ1) is 11.9. The summed E-state index contributed by atoms with van der Waals surface area (Å²) in [6, 6.07) is 0. The molecule has 1 aliphatic rings. The van der Waals surface area contributed by atoms with Gasteiger partial charge in [0, 0.05) is 13.2 Å². The summed E-state index contributed by atoms with van der Waals surface area (Å²) in [6.45, 7) is 4.04. The van der Waals surface area contributed by atoms with Crippen LogP contribution in [-0.4, -0.2) is 19.5 Å². The summed E-state index contributed by atoms with van der Waals surface area (Å²) < 4.78 is 11.3. The summed E-state index contributed by atoms with van der Waals surface area (Å²) in [5.41, 5.74) is 0. The molecule has 0 unspecified atom stereocenters. The maximum Gasteiger partial charge on any atom is 0.157 e. The quantitative estimate of drug-likeness (QED) is 0.219. The molecule has 0 aromatic heterocycles. The van der Waals surface area contributed by atoms with Gasteiger partial charge in [0.2, 0.25) is 0 Å². The van der Waals surface area contributed by atoms with Crippen molar-refractivity contribution in [1.82, 2.24) is 0 Å². The van der Waals surface area contributed by atoms with E-state index in [-0.39, 0.29) is 6.29 Å². The summed E-state index contributed by atoms with van der Waals surface area (Å²) in [4.78, 5) is 0.